The van der Waals surface area contributed by atoms with E-state index in [4.69, 9.17) is 33.7 Å². The van der Waals surface area contributed by atoms with Crippen LogP contribution in [0.4, 0.5) is 4.79 Å². The van der Waals surface area contributed by atoms with E-state index >= 15 is 0 Å². The van der Waals surface area contributed by atoms with Crippen molar-refractivity contribution in [3.63, 3.8) is 0 Å². The Morgan fingerprint density at radius 1 is 1.30 bits per heavy atom. The van der Waals surface area contributed by atoms with Gasteiger partial charge in [0.05, 0.1) is 34.8 Å². The van der Waals surface area contributed by atoms with Gasteiger partial charge in [-0.05, 0) is 23.1 Å². The number of nitrogens with zero attached hydrogens (tertiary/aromatic N) is 1. The van der Waals surface area contributed by atoms with Crippen LogP contribution in [0.15, 0.2) is 18.2 Å². The van der Waals surface area contributed by atoms with Crippen LogP contribution in [0.2, 0.25) is 10.0 Å². The summed E-state index contributed by atoms with van der Waals surface area (Å²) in [4.78, 5) is 12.8. The van der Waals surface area contributed by atoms with Crippen molar-refractivity contribution in [1.29, 1.82) is 0 Å². The normalized spacial score (nSPS) is 26.0. The maximum atomic E-state index is 11.4. The van der Waals surface area contributed by atoms with Gasteiger partial charge in [-0.2, -0.15) is 0 Å². The Morgan fingerprint density at radius 2 is 1.96 bits per heavy atom. The third kappa shape index (κ3) is 4.29. The second kappa shape index (κ2) is 6.85. The van der Waals surface area contributed by atoms with Gasteiger partial charge in [-0.15, -0.1) is 0 Å². The summed E-state index contributed by atoms with van der Waals surface area (Å²) in [5.41, 5.74) is 6.80. The highest BCUT2D eigenvalue weighted by Gasteiger charge is 2.38. The lowest BCUT2D eigenvalue weighted by Crippen LogP contribution is -2.43. The Labute approximate surface area is 146 Å². The van der Waals surface area contributed by atoms with Crippen molar-refractivity contribution in [1.82, 2.24) is 4.90 Å². The number of hydrogen-bond acceptors (Lipinski definition) is 3. The largest absolute Gasteiger partial charge is 0.465 e. The van der Waals surface area contributed by atoms with Gasteiger partial charge < -0.3 is 20.5 Å². The summed E-state index contributed by atoms with van der Waals surface area (Å²) in [6.07, 6.45) is -1.72. The third-order valence-corrected chi connectivity index (χ3v) is 4.76. The number of ether oxygens (including phenoxy) is 1. The van der Waals surface area contributed by atoms with Crippen LogP contribution in [0.5, 0.6) is 0 Å². The lowest BCUT2D eigenvalue weighted by molar-refractivity contribution is -0.0669. The highest BCUT2D eigenvalue weighted by molar-refractivity contribution is 6.42. The number of halogens is 2. The monoisotopic (exact) mass is 360 g/mol. The molecule has 0 spiro atoms. The topological polar surface area (TPSA) is 75.8 Å². The molecule has 1 saturated heterocycles. The van der Waals surface area contributed by atoms with Crippen LogP contribution in [0, 0.1) is 5.41 Å². The third-order valence-electron chi connectivity index (χ3n) is 4.03. The lowest BCUT2D eigenvalue weighted by atomic mass is 9.88. The zero-order valence-electron chi connectivity index (χ0n) is 13.4. The van der Waals surface area contributed by atoms with Crippen LogP contribution in [-0.2, 0) is 4.74 Å². The Morgan fingerprint density at radius 3 is 2.48 bits per heavy atom. The smallest absolute Gasteiger partial charge is 0.407 e. The van der Waals surface area contributed by atoms with Gasteiger partial charge in [-0.25, -0.2) is 4.79 Å². The van der Waals surface area contributed by atoms with Gasteiger partial charge in [0.2, 0.25) is 0 Å². The molecule has 1 fully saturated rings. The van der Waals surface area contributed by atoms with E-state index in [-0.39, 0.29) is 24.6 Å². The molecule has 0 bridgehead atoms. The van der Waals surface area contributed by atoms with E-state index in [0.29, 0.717) is 10.0 Å². The van der Waals surface area contributed by atoms with Crippen molar-refractivity contribution in [3.8, 4) is 0 Å². The molecule has 1 aliphatic heterocycles. The van der Waals surface area contributed by atoms with Gasteiger partial charge in [0.15, 0.2) is 0 Å². The molecule has 128 valence electrons. The molecule has 0 radical (unpaired) electrons. The van der Waals surface area contributed by atoms with E-state index in [1.165, 1.54) is 4.90 Å². The molecule has 1 amide bonds. The molecule has 23 heavy (non-hydrogen) atoms. The van der Waals surface area contributed by atoms with Crippen LogP contribution in [0.3, 0.4) is 0 Å². The minimum Gasteiger partial charge on any atom is -0.465 e. The second-order valence-corrected chi connectivity index (χ2v) is 7.75. The van der Waals surface area contributed by atoms with Crippen molar-refractivity contribution in [2.75, 3.05) is 13.1 Å². The first-order valence-corrected chi connectivity index (χ1v) is 8.19. The standard InChI is InChI=1S/C16H22Cl2N2O3/c1-16(2,3)13-8-20(15(21)22)7-12(19)14(23-13)9-4-5-10(17)11(18)6-9/h4-6,12-14H,7-8,19H2,1-3H3,(H,21,22)/t12-,13?,14+/m1/s1. The molecule has 1 aromatic rings. The van der Waals surface area contributed by atoms with E-state index in [0.717, 1.165) is 5.56 Å². The van der Waals surface area contributed by atoms with Gasteiger partial charge in [-0.1, -0.05) is 50.0 Å². The van der Waals surface area contributed by atoms with Crippen LogP contribution in [0.1, 0.15) is 32.4 Å². The van der Waals surface area contributed by atoms with Crippen molar-refractivity contribution < 1.29 is 14.6 Å². The highest BCUT2D eigenvalue weighted by Crippen LogP contribution is 2.35. The van der Waals surface area contributed by atoms with Crippen molar-refractivity contribution in [2.24, 2.45) is 11.1 Å². The lowest BCUT2D eigenvalue weighted by Gasteiger charge is -2.33. The maximum absolute atomic E-state index is 11.4. The van der Waals surface area contributed by atoms with Gasteiger partial charge in [0, 0.05) is 6.54 Å². The number of nitrogens with two attached hydrogens (primary N) is 1. The molecule has 1 aliphatic rings. The summed E-state index contributed by atoms with van der Waals surface area (Å²) in [7, 11) is 0. The Bertz CT molecular complexity index is 589. The van der Waals surface area contributed by atoms with E-state index in [1.54, 1.807) is 12.1 Å². The minimum atomic E-state index is -0.993. The summed E-state index contributed by atoms with van der Waals surface area (Å²) in [6.45, 7) is 6.53. The summed E-state index contributed by atoms with van der Waals surface area (Å²) in [5, 5.41) is 10.3. The zero-order valence-corrected chi connectivity index (χ0v) is 14.9. The molecule has 3 atom stereocenters. The molecule has 1 unspecified atom stereocenters. The Kier molecular flexibility index (Phi) is 5.46. The van der Waals surface area contributed by atoms with Gasteiger partial charge >= 0.3 is 6.09 Å². The number of benzene rings is 1. The Hall–Kier alpha value is -1.01. The molecule has 0 aliphatic carbocycles. The van der Waals surface area contributed by atoms with Gasteiger partial charge in [-0.3, -0.25) is 0 Å². The molecule has 1 heterocycles. The van der Waals surface area contributed by atoms with Crippen molar-refractivity contribution >= 4 is 29.3 Å². The number of carboxylic acid groups (broad SMARTS) is 1. The summed E-state index contributed by atoms with van der Waals surface area (Å²) >= 11 is 12.1. The van der Waals surface area contributed by atoms with E-state index in [2.05, 4.69) is 0 Å². The summed E-state index contributed by atoms with van der Waals surface area (Å²) in [5.74, 6) is 0. The quantitative estimate of drug-likeness (QED) is 0.798. The molecular weight excluding hydrogens is 339 g/mol. The predicted molar refractivity (Wildman–Crippen MR) is 91.1 cm³/mol. The molecule has 5 nitrogen and oxygen atoms in total. The fourth-order valence-electron chi connectivity index (χ4n) is 2.60. The zero-order chi connectivity index (χ0) is 17.4. The van der Waals surface area contributed by atoms with Crippen LogP contribution in [0.25, 0.3) is 0 Å². The van der Waals surface area contributed by atoms with E-state index in [9.17, 15) is 9.90 Å². The highest BCUT2D eigenvalue weighted by atomic mass is 35.5. The van der Waals surface area contributed by atoms with E-state index in [1.807, 2.05) is 26.8 Å². The first-order valence-electron chi connectivity index (χ1n) is 7.43. The van der Waals surface area contributed by atoms with Gasteiger partial charge in [0.1, 0.15) is 0 Å². The average molecular weight is 361 g/mol. The van der Waals surface area contributed by atoms with Gasteiger partial charge in [0.25, 0.3) is 0 Å². The second-order valence-electron chi connectivity index (χ2n) is 6.94. The van der Waals surface area contributed by atoms with Crippen molar-refractivity contribution in [2.45, 2.75) is 39.0 Å². The first kappa shape index (κ1) is 18.3. The number of rotatable bonds is 1. The molecule has 7 heteroatoms. The predicted octanol–water partition coefficient (Wildman–Crippen LogP) is 3.79. The number of carbonyl (C=O) groups is 1. The fraction of sp³-hybridized carbons (Fsp3) is 0.562. The molecule has 0 aromatic heterocycles. The molecular formula is C16H22Cl2N2O3. The van der Waals surface area contributed by atoms with E-state index < -0.39 is 18.2 Å². The average Bonchev–Trinajstić information content (AvgIpc) is 2.61. The first-order chi connectivity index (χ1) is 10.6. The molecule has 1 aromatic carbocycles. The van der Waals surface area contributed by atoms with Crippen LogP contribution in [-0.4, -0.2) is 41.3 Å². The summed E-state index contributed by atoms with van der Waals surface area (Å²) in [6, 6.07) is 4.75. The van der Waals surface area contributed by atoms with Crippen LogP contribution < -0.4 is 5.73 Å². The Balaban J connectivity index is 2.37. The van der Waals surface area contributed by atoms with Crippen molar-refractivity contribution in [3.05, 3.63) is 33.8 Å². The molecule has 0 saturated carbocycles. The molecule has 3 N–H and O–H groups in total. The fourth-order valence-corrected chi connectivity index (χ4v) is 2.90. The minimum absolute atomic E-state index is 0.201. The maximum Gasteiger partial charge on any atom is 0.407 e. The summed E-state index contributed by atoms with van der Waals surface area (Å²) < 4.78 is 6.22. The number of amides is 1. The SMILES string of the molecule is CC(C)(C)C1CN(C(=O)O)C[C@@H](N)[C@H](c2ccc(Cl)c(Cl)c2)O1. The molecule has 2 rings (SSSR count). The van der Waals surface area contributed by atoms with Crippen LogP contribution >= 0.6 is 23.2 Å². The number of hydrogen-bond donors (Lipinski definition) is 2.